The second-order valence-corrected chi connectivity index (χ2v) is 3.65. The van der Waals surface area contributed by atoms with Crippen LogP contribution in [-0.2, 0) is 0 Å². The molecule has 0 aliphatic carbocycles. The van der Waals surface area contributed by atoms with Crippen LogP contribution >= 0.6 is 11.6 Å². The van der Waals surface area contributed by atoms with Crippen molar-refractivity contribution in [3.8, 4) is 17.0 Å². The van der Waals surface area contributed by atoms with Gasteiger partial charge in [0.25, 0.3) is 0 Å². The summed E-state index contributed by atoms with van der Waals surface area (Å²) in [6, 6.07) is 2.31. The monoisotopic (exact) mass is 259 g/mol. The van der Waals surface area contributed by atoms with Crippen molar-refractivity contribution < 1.29 is 13.5 Å². The quantitative estimate of drug-likeness (QED) is 0.815. The highest BCUT2D eigenvalue weighted by Gasteiger charge is 2.20. The largest absolute Gasteiger partial charge is 0.495 e. The molecule has 2 rings (SSSR count). The fourth-order valence-corrected chi connectivity index (χ4v) is 1.66. The predicted molar refractivity (Wildman–Crippen MR) is 59.9 cm³/mol. The molecule has 90 valence electrons. The molecule has 1 aromatic carbocycles. The second kappa shape index (κ2) is 4.21. The minimum atomic E-state index is -0.924. The van der Waals surface area contributed by atoms with Gasteiger partial charge in [-0.2, -0.15) is 5.10 Å². The molecule has 0 saturated carbocycles. The van der Waals surface area contributed by atoms with Crippen LogP contribution in [0.5, 0.6) is 5.75 Å². The van der Waals surface area contributed by atoms with Crippen molar-refractivity contribution in [1.82, 2.24) is 10.2 Å². The van der Waals surface area contributed by atoms with Gasteiger partial charge >= 0.3 is 0 Å². The van der Waals surface area contributed by atoms with Gasteiger partial charge in [0, 0.05) is 12.1 Å². The third-order valence-corrected chi connectivity index (χ3v) is 2.56. The maximum absolute atomic E-state index is 13.9. The normalized spacial score (nSPS) is 10.6. The van der Waals surface area contributed by atoms with Gasteiger partial charge in [-0.05, 0) is 0 Å². The number of nitrogen functional groups attached to an aromatic ring is 1. The van der Waals surface area contributed by atoms with Crippen molar-refractivity contribution >= 4 is 17.4 Å². The molecule has 0 spiro atoms. The van der Waals surface area contributed by atoms with Crippen LogP contribution in [-0.4, -0.2) is 17.3 Å². The smallest absolute Gasteiger partial charge is 0.157 e. The Hall–Kier alpha value is -1.82. The number of benzene rings is 1. The standard InChI is InChI=1S/C10H8ClF2N3O/c1-17-6-2-4(12)8(10(13)9(6)11)5-3-7(14)16-15-5/h2-3H,1H3,(H3,14,15,16). The lowest BCUT2D eigenvalue weighted by Crippen LogP contribution is -1.95. The first-order chi connectivity index (χ1) is 8.04. The van der Waals surface area contributed by atoms with E-state index in [0.29, 0.717) is 0 Å². The number of rotatable bonds is 2. The number of nitrogens with two attached hydrogens (primary N) is 1. The summed E-state index contributed by atoms with van der Waals surface area (Å²) in [6.45, 7) is 0. The zero-order chi connectivity index (χ0) is 12.6. The van der Waals surface area contributed by atoms with Crippen LogP contribution in [0.3, 0.4) is 0 Å². The minimum Gasteiger partial charge on any atom is -0.495 e. The Bertz CT molecular complexity index is 571. The molecule has 0 fully saturated rings. The number of nitrogens with one attached hydrogen (secondary N) is 1. The number of H-pyrrole nitrogens is 1. The summed E-state index contributed by atoms with van der Waals surface area (Å²) in [6.07, 6.45) is 0. The third kappa shape index (κ3) is 1.91. The highest BCUT2D eigenvalue weighted by atomic mass is 35.5. The van der Waals surface area contributed by atoms with Crippen molar-refractivity contribution in [3.05, 3.63) is 28.8 Å². The highest BCUT2D eigenvalue weighted by molar-refractivity contribution is 6.32. The Labute approximate surface area is 100 Å². The van der Waals surface area contributed by atoms with Crippen LogP contribution in [0.2, 0.25) is 5.02 Å². The summed E-state index contributed by atoms with van der Waals surface area (Å²) in [7, 11) is 1.27. The van der Waals surface area contributed by atoms with Gasteiger partial charge in [0.15, 0.2) is 5.82 Å². The van der Waals surface area contributed by atoms with Crippen molar-refractivity contribution in [1.29, 1.82) is 0 Å². The number of hydrogen-bond acceptors (Lipinski definition) is 3. The lowest BCUT2D eigenvalue weighted by Gasteiger charge is -2.08. The van der Waals surface area contributed by atoms with Gasteiger partial charge in [-0.1, -0.05) is 11.6 Å². The van der Waals surface area contributed by atoms with Crippen LogP contribution in [0.4, 0.5) is 14.6 Å². The van der Waals surface area contributed by atoms with E-state index in [-0.39, 0.29) is 27.8 Å². The summed E-state index contributed by atoms with van der Waals surface area (Å²) < 4.78 is 32.3. The Kier molecular flexibility index (Phi) is 2.89. The number of aromatic nitrogens is 2. The van der Waals surface area contributed by atoms with Crippen molar-refractivity contribution in [2.75, 3.05) is 12.8 Å². The molecule has 0 atom stereocenters. The summed E-state index contributed by atoms with van der Waals surface area (Å²) in [5.41, 5.74) is 5.16. The van der Waals surface area contributed by atoms with E-state index in [0.717, 1.165) is 6.07 Å². The lowest BCUT2D eigenvalue weighted by atomic mass is 10.1. The van der Waals surface area contributed by atoms with Crippen molar-refractivity contribution in [2.24, 2.45) is 0 Å². The summed E-state index contributed by atoms with van der Waals surface area (Å²) in [5.74, 6) is -1.68. The number of methoxy groups -OCH3 is 1. The van der Waals surface area contributed by atoms with Gasteiger partial charge in [0.05, 0.1) is 18.4 Å². The van der Waals surface area contributed by atoms with E-state index in [9.17, 15) is 8.78 Å². The van der Waals surface area contributed by atoms with E-state index in [1.54, 1.807) is 0 Å². The molecule has 0 aliphatic rings. The van der Waals surface area contributed by atoms with E-state index in [1.807, 2.05) is 0 Å². The van der Waals surface area contributed by atoms with Crippen molar-refractivity contribution in [2.45, 2.75) is 0 Å². The van der Waals surface area contributed by atoms with E-state index in [2.05, 4.69) is 10.2 Å². The number of anilines is 1. The molecule has 0 radical (unpaired) electrons. The fraction of sp³-hybridized carbons (Fsp3) is 0.100. The van der Waals surface area contributed by atoms with Gasteiger partial charge in [-0.3, -0.25) is 5.10 Å². The van der Waals surface area contributed by atoms with Crippen molar-refractivity contribution in [3.63, 3.8) is 0 Å². The molecule has 0 bridgehead atoms. The SMILES string of the molecule is COc1cc(F)c(-c2cc(N)n[nH]2)c(F)c1Cl. The average Bonchev–Trinajstić information content (AvgIpc) is 2.70. The van der Waals surface area contributed by atoms with Gasteiger partial charge in [-0.25, -0.2) is 8.78 Å². The van der Waals surface area contributed by atoms with Gasteiger partial charge < -0.3 is 10.5 Å². The number of hydrogen-bond donors (Lipinski definition) is 2. The fourth-order valence-electron chi connectivity index (χ4n) is 1.43. The molecule has 0 unspecified atom stereocenters. The Morgan fingerprint density at radius 1 is 1.41 bits per heavy atom. The molecule has 17 heavy (non-hydrogen) atoms. The molecule has 7 heteroatoms. The highest BCUT2D eigenvalue weighted by Crippen LogP contribution is 2.36. The Balaban J connectivity index is 2.66. The summed E-state index contributed by atoms with van der Waals surface area (Å²) in [5, 5.41) is 5.71. The van der Waals surface area contributed by atoms with Crippen LogP contribution in [0.25, 0.3) is 11.3 Å². The van der Waals surface area contributed by atoms with Gasteiger partial charge in [-0.15, -0.1) is 0 Å². The lowest BCUT2D eigenvalue weighted by molar-refractivity contribution is 0.407. The molecule has 1 heterocycles. The maximum atomic E-state index is 13.9. The average molecular weight is 260 g/mol. The first-order valence-electron chi connectivity index (χ1n) is 4.57. The number of nitrogens with zero attached hydrogens (tertiary/aromatic N) is 1. The second-order valence-electron chi connectivity index (χ2n) is 3.27. The van der Waals surface area contributed by atoms with E-state index in [1.165, 1.54) is 13.2 Å². The van der Waals surface area contributed by atoms with Gasteiger partial charge in [0.2, 0.25) is 0 Å². The molecule has 2 aromatic rings. The maximum Gasteiger partial charge on any atom is 0.157 e. The van der Waals surface area contributed by atoms with Gasteiger partial charge in [0.1, 0.15) is 22.4 Å². The van der Waals surface area contributed by atoms with E-state index in [4.69, 9.17) is 22.1 Å². The first kappa shape index (κ1) is 11.7. The van der Waals surface area contributed by atoms with Crippen LogP contribution in [0.15, 0.2) is 12.1 Å². The molecule has 0 aliphatic heterocycles. The topological polar surface area (TPSA) is 63.9 Å². The third-order valence-electron chi connectivity index (χ3n) is 2.21. The zero-order valence-electron chi connectivity index (χ0n) is 8.72. The molecule has 3 N–H and O–H groups in total. The van der Waals surface area contributed by atoms with E-state index < -0.39 is 11.6 Å². The summed E-state index contributed by atoms with van der Waals surface area (Å²) >= 11 is 5.69. The molecular formula is C10H8ClF2N3O. The Morgan fingerprint density at radius 3 is 2.65 bits per heavy atom. The molecule has 4 nitrogen and oxygen atoms in total. The molecule has 1 aromatic heterocycles. The van der Waals surface area contributed by atoms with Crippen LogP contribution < -0.4 is 10.5 Å². The van der Waals surface area contributed by atoms with Crippen LogP contribution in [0.1, 0.15) is 0 Å². The first-order valence-corrected chi connectivity index (χ1v) is 4.95. The molecule has 0 saturated heterocycles. The number of halogens is 3. The predicted octanol–water partition coefficient (Wildman–Crippen LogP) is 2.60. The minimum absolute atomic E-state index is 0.0714. The van der Waals surface area contributed by atoms with Crippen LogP contribution in [0, 0.1) is 11.6 Å². The summed E-state index contributed by atoms with van der Waals surface area (Å²) in [4.78, 5) is 0. The zero-order valence-corrected chi connectivity index (χ0v) is 9.48. The molecule has 0 amide bonds. The van der Waals surface area contributed by atoms with E-state index >= 15 is 0 Å². The number of ether oxygens (including phenoxy) is 1. The number of aromatic amines is 1. The molecular weight excluding hydrogens is 252 g/mol. The Morgan fingerprint density at radius 2 is 2.12 bits per heavy atom.